The summed E-state index contributed by atoms with van der Waals surface area (Å²) in [6.45, 7) is 0.430. The van der Waals surface area contributed by atoms with E-state index < -0.39 is 10.0 Å². The van der Waals surface area contributed by atoms with E-state index >= 15 is 0 Å². The average molecular weight is 516 g/mol. The maximum atomic E-state index is 13.3. The zero-order valence-corrected chi connectivity index (χ0v) is 20.7. The molecule has 1 amide bonds. The van der Waals surface area contributed by atoms with E-state index in [1.165, 1.54) is 39.9 Å². The van der Waals surface area contributed by atoms with Crippen LogP contribution in [0.25, 0.3) is 22.4 Å². The van der Waals surface area contributed by atoms with Gasteiger partial charge in [-0.2, -0.15) is 0 Å². The molecule has 0 spiro atoms. The van der Waals surface area contributed by atoms with Crippen LogP contribution in [-0.4, -0.2) is 25.9 Å². The fourth-order valence-electron chi connectivity index (χ4n) is 4.38. The number of hydrogen-bond donors (Lipinski definition) is 1. The van der Waals surface area contributed by atoms with Crippen molar-refractivity contribution in [1.82, 2.24) is 4.98 Å². The fourth-order valence-corrected chi connectivity index (χ4v) is 6.61. The molecule has 0 atom stereocenters. The number of sulfonamides is 1. The van der Waals surface area contributed by atoms with Crippen LogP contribution in [0.5, 0.6) is 0 Å². The van der Waals surface area contributed by atoms with E-state index in [9.17, 15) is 13.2 Å². The zero-order chi connectivity index (χ0) is 24.7. The number of carbonyl (C=O) groups excluding carboxylic acids is 1. The quantitative estimate of drug-likeness (QED) is 0.312. The van der Waals surface area contributed by atoms with E-state index in [4.69, 9.17) is 4.42 Å². The minimum Gasteiger partial charge on any atom is -0.454 e. The number of benzene rings is 3. The number of aromatic nitrogens is 1. The Bertz CT molecular complexity index is 1650. The maximum absolute atomic E-state index is 13.3. The number of hydrogen-bond acceptors (Lipinski definition) is 6. The van der Waals surface area contributed by atoms with Gasteiger partial charge in [-0.25, -0.2) is 13.4 Å². The van der Waals surface area contributed by atoms with E-state index in [0.29, 0.717) is 28.7 Å². The van der Waals surface area contributed by atoms with Crippen molar-refractivity contribution >= 4 is 49.1 Å². The molecule has 0 bridgehead atoms. The summed E-state index contributed by atoms with van der Waals surface area (Å²) in [5.74, 6) is 0.259. The summed E-state index contributed by atoms with van der Waals surface area (Å²) in [6, 6.07) is 23.2. The molecule has 1 N–H and O–H groups in total. The second-order valence-corrected chi connectivity index (χ2v) is 11.2. The molecule has 1 aliphatic rings. The minimum absolute atomic E-state index is 0.150. The Morgan fingerprint density at radius 2 is 1.78 bits per heavy atom. The van der Waals surface area contributed by atoms with Gasteiger partial charge in [0.1, 0.15) is 11.3 Å². The third-order valence-electron chi connectivity index (χ3n) is 6.17. The van der Waals surface area contributed by atoms with Gasteiger partial charge >= 0.3 is 0 Å². The summed E-state index contributed by atoms with van der Waals surface area (Å²) in [5.41, 5.74) is 3.49. The van der Waals surface area contributed by atoms with Crippen LogP contribution in [-0.2, 0) is 16.4 Å². The van der Waals surface area contributed by atoms with Gasteiger partial charge in [-0.1, -0.05) is 36.4 Å². The number of carbonyl (C=O) groups is 1. The molecule has 180 valence electrons. The largest absolute Gasteiger partial charge is 0.454 e. The third-order valence-corrected chi connectivity index (χ3v) is 8.76. The smallest absolute Gasteiger partial charge is 0.264 e. The van der Waals surface area contributed by atoms with Crippen molar-refractivity contribution in [2.45, 2.75) is 17.7 Å². The fraction of sp³-hybridized carbons (Fsp3) is 0.111. The van der Waals surface area contributed by atoms with E-state index in [-0.39, 0.29) is 10.8 Å². The first-order valence-electron chi connectivity index (χ1n) is 11.5. The number of amides is 1. The number of furan rings is 1. The first-order valence-corrected chi connectivity index (χ1v) is 13.8. The van der Waals surface area contributed by atoms with E-state index in [0.717, 1.165) is 35.1 Å². The van der Waals surface area contributed by atoms with E-state index in [1.54, 1.807) is 0 Å². The van der Waals surface area contributed by atoms with Gasteiger partial charge < -0.3 is 4.42 Å². The van der Waals surface area contributed by atoms with Gasteiger partial charge in [-0.15, -0.1) is 11.3 Å². The number of thiazole rings is 1. The van der Waals surface area contributed by atoms with Crippen molar-refractivity contribution < 1.29 is 17.6 Å². The predicted molar refractivity (Wildman–Crippen MR) is 141 cm³/mol. The summed E-state index contributed by atoms with van der Waals surface area (Å²) in [4.78, 5) is 17.4. The second kappa shape index (κ2) is 8.92. The van der Waals surface area contributed by atoms with Gasteiger partial charge in [0.2, 0.25) is 0 Å². The number of fused-ring (bicyclic) bond motifs is 2. The van der Waals surface area contributed by atoms with Crippen LogP contribution in [0.4, 0.5) is 10.8 Å². The van der Waals surface area contributed by atoms with E-state index in [2.05, 4.69) is 10.3 Å². The summed E-state index contributed by atoms with van der Waals surface area (Å²) >= 11 is 1.29. The number of aryl methyl sites for hydroxylation is 1. The topological polar surface area (TPSA) is 92.5 Å². The standard InChI is InChI=1S/C27H21N3O4S2/c31-26(29-27-28-22(17-35-27)25-16-20-7-2-4-10-24(20)34-25)19-11-13-21(14-12-19)36(32,33)30-15-5-8-18-6-1-3-9-23(18)30/h1-4,6-7,9-14,16-17H,5,8,15H2,(H,28,29,31). The molecule has 0 fully saturated rings. The normalized spacial score (nSPS) is 13.5. The Hall–Kier alpha value is -3.95. The molecule has 7 nitrogen and oxygen atoms in total. The highest BCUT2D eigenvalue weighted by atomic mass is 32.2. The summed E-state index contributed by atoms with van der Waals surface area (Å²) in [5, 5.41) is 6.01. The van der Waals surface area contributed by atoms with Crippen LogP contribution < -0.4 is 9.62 Å². The van der Waals surface area contributed by atoms with Crippen molar-refractivity contribution in [2.24, 2.45) is 0 Å². The van der Waals surface area contributed by atoms with Crippen molar-refractivity contribution in [1.29, 1.82) is 0 Å². The Labute approximate surface area is 212 Å². The van der Waals surface area contributed by atoms with Crippen LogP contribution >= 0.6 is 11.3 Å². The first kappa shape index (κ1) is 22.5. The van der Waals surface area contributed by atoms with E-state index in [1.807, 2.05) is 60.0 Å². The highest BCUT2D eigenvalue weighted by molar-refractivity contribution is 7.92. The SMILES string of the molecule is O=C(Nc1nc(-c2cc3ccccc3o2)cs1)c1ccc(S(=O)(=O)N2CCCc3ccccc32)cc1. The molecule has 2 aromatic heterocycles. The molecule has 9 heteroatoms. The lowest BCUT2D eigenvalue weighted by Crippen LogP contribution is -2.35. The molecule has 3 heterocycles. The van der Waals surface area contributed by atoms with Crippen LogP contribution in [0.3, 0.4) is 0 Å². The van der Waals surface area contributed by atoms with Crippen molar-refractivity contribution in [2.75, 3.05) is 16.2 Å². The maximum Gasteiger partial charge on any atom is 0.264 e. The summed E-state index contributed by atoms with van der Waals surface area (Å²) < 4.78 is 34.0. The summed E-state index contributed by atoms with van der Waals surface area (Å²) in [6.07, 6.45) is 1.62. The Balaban J connectivity index is 1.19. The van der Waals surface area contributed by atoms with Gasteiger partial charge in [0, 0.05) is 22.9 Å². The molecule has 1 aliphatic heterocycles. The molecule has 5 aromatic rings. The van der Waals surface area contributed by atoms with Crippen LogP contribution in [0.1, 0.15) is 22.3 Å². The summed E-state index contributed by atoms with van der Waals surface area (Å²) in [7, 11) is -3.73. The van der Waals surface area contributed by atoms with Gasteiger partial charge in [0.05, 0.1) is 10.6 Å². The number of rotatable bonds is 5. The molecule has 0 saturated carbocycles. The molecule has 0 aliphatic carbocycles. The molecule has 36 heavy (non-hydrogen) atoms. The number of nitrogens with one attached hydrogen (secondary N) is 1. The monoisotopic (exact) mass is 515 g/mol. The molecular formula is C27H21N3O4S2. The lowest BCUT2D eigenvalue weighted by atomic mass is 10.0. The lowest BCUT2D eigenvalue weighted by molar-refractivity contribution is 0.102. The lowest BCUT2D eigenvalue weighted by Gasteiger charge is -2.30. The molecule has 6 rings (SSSR count). The first-order chi connectivity index (χ1) is 17.5. The van der Waals surface area contributed by atoms with Crippen molar-refractivity contribution in [3.63, 3.8) is 0 Å². The highest BCUT2D eigenvalue weighted by Crippen LogP contribution is 2.32. The van der Waals surface area contributed by atoms with Gasteiger partial charge in [-0.3, -0.25) is 14.4 Å². The van der Waals surface area contributed by atoms with Crippen LogP contribution in [0.15, 0.2) is 93.6 Å². The average Bonchev–Trinajstić information content (AvgIpc) is 3.55. The highest BCUT2D eigenvalue weighted by Gasteiger charge is 2.29. The molecular weight excluding hydrogens is 494 g/mol. The van der Waals surface area contributed by atoms with Gasteiger partial charge in [0.15, 0.2) is 10.9 Å². The Kier molecular flexibility index (Phi) is 5.58. The number of para-hydroxylation sites is 2. The number of nitrogens with zero attached hydrogens (tertiary/aromatic N) is 2. The van der Waals surface area contributed by atoms with Gasteiger partial charge in [-0.05, 0) is 60.9 Å². The molecule has 0 saturated heterocycles. The minimum atomic E-state index is -3.73. The van der Waals surface area contributed by atoms with Crippen molar-refractivity contribution in [3.05, 3.63) is 95.4 Å². The van der Waals surface area contributed by atoms with Crippen LogP contribution in [0.2, 0.25) is 0 Å². The number of anilines is 2. The predicted octanol–water partition coefficient (Wildman–Crippen LogP) is 5.95. The Morgan fingerprint density at radius 3 is 2.61 bits per heavy atom. The molecule has 3 aromatic carbocycles. The zero-order valence-electron chi connectivity index (χ0n) is 19.0. The van der Waals surface area contributed by atoms with Gasteiger partial charge in [0.25, 0.3) is 15.9 Å². The van der Waals surface area contributed by atoms with Crippen LogP contribution in [0, 0.1) is 0 Å². The molecule has 0 unspecified atom stereocenters. The third kappa shape index (κ3) is 4.06. The van der Waals surface area contributed by atoms with Crippen molar-refractivity contribution in [3.8, 4) is 11.5 Å². The molecule has 0 radical (unpaired) electrons. The Morgan fingerprint density at radius 1 is 1.00 bits per heavy atom. The second-order valence-electron chi connectivity index (χ2n) is 8.47.